The Kier molecular flexibility index (Phi) is 6.33. The zero-order valence-corrected chi connectivity index (χ0v) is 21.1. The van der Waals surface area contributed by atoms with Crippen molar-refractivity contribution in [3.63, 3.8) is 0 Å². The van der Waals surface area contributed by atoms with Gasteiger partial charge < -0.3 is 15.5 Å². The van der Waals surface area contributed by atoms with E-state index >= 15 is 0 Å². The van der Waals surface area contributed by atoms with Gasteiger partial charge in [0.2, 0.25) is 5.91 Å². The number of nitrogens with zero attached hydrogens (tertiary/aromatic N) is 3. The molecule has 5 aromatic rings. The van der Waals surface area contributed by atoms with Crippen molar-refractivity contribution in [2.24, 2.45) is 0 Å². The smallest absolute Gasteiger partial charge is 0.220 e. The fourth-order valence-electron chi connectivity index (χ4n) is 5.22. The lowest BCUT2D eigenvalue weighted by molar-refractivity contribution is -0.120. The Morgan fingerprint density at radius 1 is 0.865 bits per heavy atom. The molecule has 1 saturated heterocycles. The van der Waals surface area contributed by atoms with Gasteiger partial charge in [0.1, 0.15) is 0 Å². The molecule has 1 aliphatic rings. The lowest BCUT2D eigenvalue weighted by Crippen LogP contribution is -2.43. The van der Waals surface area contributed by atoms with Crippen molar-refractivity contribution >= 4 is 33.1 Å². The summed E-state index contributed by atoms with van der Waals surface area (Å²) >= 11 is 0. The normalized spacial score (nSPS) is 13.8. The first kappa shape index (κ1) is 23.3. The second kappa shape index (κ2) is 10.1. The van der Waals surface area contributed by atoms with Crippen molar-refractivity contribution in [3.8, 4) is 16.9 Å². The molecule has 0 bridgehead atoms. The summed E-state index contributed by atoms with van der Waals surface area (Å²) in [6.45, 7) is 4.05. The first-order chi connectivity index (χ1) is 18.2. The fraction of sp³-hybridized carbons (Fsp3) is 0.226. The van der Waals surface area contributed by atoms with Gasteiger partial charge in [0.05, 0.1) is 17.1 Å². The van der Waals surface area contributed by atoms with Gasteiger partial charge in [-0.15, -0.1) is 0 Å². The molecule has 1 aliphatic heterocycles. The summed E-state index contributed by atoms with van der Waals surface area (Å²) in [7, 11) is 1.67. The van der Waals surface area contributed by atoms with Crippen LogP contribution in [0.4, 0.5) is 5.69 Å². The third kappa shape index (κ3) is 4.68. The molecule has 1 aromatic heterocycles. The lowest BCUT2D eigenvalue weighted by atomic mass is 9.99. The van der Waals surface area contributed by atoms with E-state index in [4.69, 9.17) is 5.10 Å². The molecule has 1 amide bonds. The highest BCUT2D eigenvalue weighted by Crippen LogP contribution is 2.32. The van der Waals surface area contributed by atoms with E-state index in [0.29, 0.717) is 12.8 Å². The first-order valence-corrected chi connectivity index (χ1v) is 13.0. The van der Waals surface area contributed by atoms with Gasteiger partial charge in [0.25, 0.3) is 0 Å². The Balaban J connectivity index is 1.40. The molecule has 186 valence electrons. The SMILES string of the molecule is CNC(=O)CCc1cc(-c2ccc3c(ccc4ccccc43)c2)n(-c2ccc(N3CCNCC3)cc2)n1. The number of carbonyl (C=O) groups excluding carboxylic acids is 1. The van der Waals surface area contributed by atoms with Crippen LogP contribution < -0.4 is 15.5 Å². The van der Waals surface area contributed by atoms with Gasteiger partial charge in [-0.05, 0) is 57.9 Å². The van der Waals surface area contributed by atoms with Crippen LogP contribution in [0.3, 0.4) is 0 Å². The molecule has 0 aliphatic carbocycles. The maximum Gasteiger partial charge on any atom is 0.220 e. The minimum Gasteiger partial charge on any atom is -0.369 e. The monoisotopic (exact) mass is 489 g/mol. The lowest BCUT2D eigenvalue weighted by Gasteiger charge is -2.29. The van der Waals surface area contributed by atoms with Crippen molar-refractivity contribution in [1.82, 2.24) is 20.4 Å². The molecular formula is C31H31N5O. The number of fused-ring (bicyclic) bond motifs is 3. The Bertz CT molecular complexity index is 1560. The van der Waals surface area contributed by atoms with E-state index in [-0.39, 0.29) is 5.91 Å². The summed E-state index contributed by atoms with van der Waals surface area (Å²) in [6, 6.07) is 30.3. The van der Waals surface area contributed by atoms with E-state index in [9.17, 15) is 4.79 Å². The number of amides is 1. The van der Waals surface area contributed by atoms with E-state index in [0.717, 1.165) is 48.8 Å². The molecule has 2 N–H and O–H groups in total. The van der Waals surface area contributed by atoms with E-state index in [1.165, 1.54) is 27.2 Å². The number of piperazine rings is 1. The number of rotatable bonds is 6. The number of aryl methyl sites for hydroxylation is 1. The Labute approximate surface area is 216 Å². The molecule has 37 heavy (non-hydrogen) atoms. The molecular weight excluding hydrogens is 458 g/mol. The topological polar surface area (TPSA) is 62.2 Å². The molecule has 6 rings (SSSR count). The third-order valence-electron chi connectivity index (χ3n) is 7.26. The predicted molar refractivity (Wildman–Crippen MR) is 151 cm³/mol. The summed E-state index contributed by atoms with van der Waals surface area (Å²) in [5, 5.41) is 16.0. The minimum atomic E-state index is 0.0223. The summed E-state index contributed by atoms with van der Waals surface area (Å²) in [5.41, 5.74) is 5.28. The summed E-state index contributed by atoms with van der Waals surface area (Å²) < 4.78 is 2.02. The zero-order chi connectivity index (χ0) is 25.2. The Morgan fingerprint density at radius 2 is 1.59 bits per heavy atom. The number of carbonyl (C=O) groups is 1. The predicted octanol–water partition coefficient (Wildman–Crippen LogP) is 4.93. The fourth-order valence-corrected chi connectivity index (χ4v) is 5.22. The second-order valence-electron chi connectivity index (χ2n) is 9.58. The molecule has 0 saturated carbocycles. The van der Waals surface area contributed by atoms with Crippen molar-refractivity contribution in [2.45, 2.75) is 12.8 Å². The minimum absolute atomic E-state index is 0.0223. The zero-order valence-electron chi connectivity index (χ0n) is 21.1. The van der Waals surface area contributed by atoms with Crippen LogP contribution in [0.5, 0.6) is 0 Å². The van der Waals surface area contributed by atoms with Gasteiger partial charge >= 0.3 is 0 Å². The number of hydrogen-bond acceptors (Lipinski definition) is 4. The van der Waals surface area contributed by atoms with Crippen LogP contribution in [0.25, 0.3) is 38.5 Å². The number of anilines is 1. The number of nitrogens with one attached hydrogen (secondary N) is 2. The quantitative estimate of drug-likeness (QED) is 0.332. The van der Waals surface area contributed by atoms with E-state index in [2.05, 4.69) is 100 Å². The van der Waals surface area contributed by atoms with Crippen LogP contribution >= 0.6 is 0 Å². The highest BCUT2D eigenvalue weighted by atomic mass is 16.1. The van der Waals surface area contributed by atoms with Crippen LogP contribution in [-0.2, 0) is 11.2 Å². The van der Waals surface area contributed by atoms with Gasteiger partial charge in [-0.1, -0.05) is 48.5 Å². The number of aromatic nitrogens is 2. The van der Waals surface area contributed by atoms with Crippen molar-refractivity contribution in [3.05, 3.63) is 90.6 Å². The Hall–Kier alpha value is -4.16. The maximum absolute atomic E-state index is 11.9. The average molecular weight is 490 g/mol. The third-order valence-corrected chi connectivity index (χ3v) is 7.26. The van der Waals surface area contributed by atoms with Crippen molar-refractivity contribution in [1.29, 1.82) is 0 Å². The summed E-state index contributed by atoms with van der Waals surface area (Å²) in [5.74, 6) is 0.0223. The molecule has 1 fully saturated rings. The molecule has 0 radical (unpaired) electrons. The highest BCUT2D eigenvalue weighted by Gasteiger charge is 2.15. The van der Waals surface area contributed by atoms with Crippen molar-refractivity contribution < 1.29 is 4.79 Å². The van der Waals surface area contributed by atoms with Gasteiger partial charge in [0.15, 0.2) is 0 Å². The van der Waals surface area contributed by atoms with Crippen LogP contribution in [0.2, 0.25) is 0 Å². The van der Waals surface area contributed by atoms with E-state index in [1.54, 1.807) is 7.05 Å². The standard InChI is InChI=1S/C31H31N5O/c1-32-31(37)15-9-25-21-30(24-8-14-29-23(20-24)7-6-22-4-2-3-5-28(22)29)36(34-25)27-12-10-26(11-13-27)35-18-16-33-17-19-35/h2-8,10-14,20-21,33H,9,15-19H2,1H3,(H,32,37). The van der Waals surface area contributed by atoms with E-state index < -0.39 is 0 Å². The number of benzene rings is 4. The van der Waals surface area contributed by atoms with Crippen LogP contribution in [0.15, 0.2) is 84.9 Å². The van der Waals surface area contributed by atoms with Crippen LogP contribution in [0.1, 0.15) is 12.1 Å². The van der Waals surface area contributed by atoms with Crippen LogP contribution in [-0.4, -0.2) is 48.9 Å². The molecule has 6 nitrogen and oxygen atoms in total. The summed E-state index contributed by atoms with van der Waals surface area (Å²) in [6.07, 6.45) is 1.01. The largest absolute Gasteiger partial charge is 0.369 e. The van der Waals surface area contributed by atoms with Gasteiger partial charge in [-0.3, -0.25) is 4.79 Å². The average Bonchev–Trinajstić information content (AvgIpc) is 3.40. The molecule has 2 heterocycles. The Morgan fingerprint density at radius 3 is 2.41 bits per heavy atom. The van der Waals surface area contributed by atoms with Crippen molar-refractivity contribution in [2.75, 3.05) is 38.1 Å². The highest BCUT2D eigenvalue weighted by molar-refractivity contribution is 6.08. The molecule has 0 spiro atoms. The van der Waals surface area contributed by atoms with Crippen LogP contribution in [0, 0.1) is 0 Å². The molecule has 0 unspecified atom stereocenters. The van der Waals surface area contributed by atoms with Gasteiger partial charge in [-0.25, -0.2) is 4.68 Å². The molecule has 0 atom stereocenters. The first-order valence-electron chi connectivity index (χ1n) is 13.0. The van der Waals surface area contributed by atoms with Gasteiger partial charge in [-0.2, -0.15) is 5.10 Å². The number of hydrogen-bond donors (Lipinski definition) is 2. The maximum atomic E-state index is 11.9. The molecule has 4 aromatic carbocycles. The summed E-state index contributed by atoms with van der Waals surface area (Å²) in [4.78, 5) is 14.3. The molecule has 6 heteroatoms. The second-order valence-corrected chi connectivity index (χ2v) is 9.58. The van der Waals surface area contributed by atoms with Gasteiger partial charge in [0, 0.05) is 57.3 Å². The van der Waals surface area contributed by atoms with E-state index in [1.807, 2.05) is 4.68 Å².